The van der Waals surface area contributed by atoms with Crippen molar-refractivity contribution in [1.29, 1.82) is 0 Å². The van der Waals surface area contributed by atoms with Crippen LogP contribution in [0.1, 0.15) is 40.0 Å². The lowest BCUT2D eigenvalue weighted by atomic mass is 9.75. The van der Waals surface area contributed by atoms with E-state index in [-0.39, 0.29) is 6.09 Å². The first kappa shape index (κ1) is 14.6. The van der Waals surface area contributed by atoms with Crippen LogP contribution in [0.3, 0.4) is 0 Å². The lowest BCUT2D eigenvalue weighted by Crippen LogP contribution is -2.64. The van der Waals surface area contributed by atoms with Gasteiger partial charge in [-0.25, -0.2) is 4.79 Å². The Kier molecular flexibility index (Phi) is 4.36. The molecular formula is C14H27N3O2. The van der Waals surface area contributed by atoms with Crippen molar-refractivity contribution in [1.82, 2.24) is 15.5 Å². The summed E-state index contributed by atoms with van der Waals surface area (Å²) in [4.78, 5) is 14.0. The summed E-state index contributed by atoms with van der Waals surface area (Å²) in [5.74, 6) is 0. The maximum absolute atomic E-state index is 11.5. The first-order chi connectivity index (χ1) is 8.89. The normalized spacial score (nSPS) is 22.9. The highest BCUT2D eigenvalue weighted by Gasteiger charge is 2.39. The highest BCUT2D eigenvalue weighted by Crippen LogP contribution is 2.33. The first-order valence-corrected chi connectivity index (χ1v) is 7.33. The maximum atomic E-state index is 11.5. The molecule has 1 spiro atoms. The third-order valence-corrected chi connectivity index (χ3v) is 3.86. The number of carbonyl (C=O) groups excluding carboxylic acids is 1. The molecular weight excluding hydrogens is 242 g/mol. The second-order valence-electron chi connectivity index (χ2n) is 6.77. The second-order valence-corrected chi connectivity index (χ2v) is 6.77. The topological polar surface area (TPSA) is 53.6 Å². The van der Waals surface area contributed by atoms with Crippen LogP contribution in [0.15, 0.2) is 0 Å². The summed E-state index contributed by atoms with van der Waals surface area (Å²) in [5, 5.41) is 6.47. The molecule has 1 aliphatic carbocycles. The number of carbonyl (C=O) groups is 1. The van der Waals surface area contributed by atoms with Crippen molar-refractivity contribution in [2.75, 3.05) is 32.7 Å². The van der Waals surface area contributed by atoms with E-state index >= 15 is 0 Å². The SMILES string of the molecule is CC(C)(C)OC(=O)NCCN1CCNC2(CCC2)C1. The fourth-order valence-electron chi connectivity index (χ4n) is 2.80. The molecule has 1 saturated heterocycles. The van der Waals surface area contributed by atoms with Crippen LogP contribution >= 0.6 is 0 Å². The van der Waals surface area contributed by atoms with Gasteiger partial charge in [-0.05, 0) is 40.0 Å². The van der Waals surface area contributed by atoms with Gasteiger partial charge in [0.1, 0.15) is 5.60 Å². The van der Waals surface area contributed by atoms with Gasteiger partial charge in [0.25, 0.3) is 0 Å². The second kappa shape index (κ2) is 5.67. The van der Waals surface area contributed by atoms with E-state index in [9.17, 15) is 4.79 Å². The fraction of sp³-hybridized carbons (Fsp3) is 0.929. The van der Waals surface area contributed by atoms with Crippen LogP contribution in [-0.4, -0.2) is 54.9 Å². The predicted molar refractivity (Wildman–Crippen MR) is 75.3 cm³/mol. The van der Waals surface area contributed by atoms with Crippen molar-refractivity contribution < 1.29 is 9.53 Å². The van der Waals surface area contributed by atoms with Gasteiger partial charge >= 0.3 is 6.09 Å². The smallest absolute Gasteiger partial charge is 0.407 e. The van der Waals surface area contributed by atoms with Gasteiger partial charge in [0.15, 0.2) is 0 Å². The molecule has 0 aromatic heterocycles. The number of amides is 1. The molecule has 0 bridgehead atoms. The van der Waals surface area contributed by atoms with Gasteiger partial charge in [-0.1, -0.05) is 0 Å². The number of rotatable bonds is 3. The molecule has 1 aliphatic heterocycles. The molecule has 5 nitrogen and oxygen atoms in total. The number of hydrogen-bond donors (Lipinski definition) is 2. The molecule has 0 radical (unpaired) electrons. The maximum Gasteiger partial charge on any atom is 0.407 e. The number of hydrogen-bond acceptors (Lipinski definition) is 4. The minimum absolute atomic E-state index is 0.319. The Bertz CT molecular complexity index is 321. The zero-order valence-corrected chi connectivity index (χ0v) is 12.4. The van der Waals surface area contributed by atoms with Crippen molar-refractivity contribution in [3.8, 4) is 0 Å². The van der Waals surface area contributed by atoms with Gasteiger partial charge in [0.05, 0.1) is 0 Å². The Hall–Kier alpha value is -0.810. The van der Waals surface area contributed by atoms with Crippen LogP contribution < -0.4 is 10.6 Å². The van der Waals surface area contributed by atoms with Gasteiger partial charge in [0.2, 0.25) is 0 Å². The number of piperazine rings is 1. The van der Waals surface area contributed by atoms with Gasteiger partial charge < -0.3 is 15.4 Å². The van der Waals surface area contributed by atoms with Crippen molar-refractivity contribution in [2.45, 2.75) is 51.2 Å². The number of ether oxygens (including phenoxy) is 1. The Morgan fingerprint density at radius 1 is 1.42 bits per heavy atom. The average molecular weight is 269 g/mol. The molecule has 0 aromatic carbocycles. The summed E-state index contributed by atoms with van der Waals surface area (Å²) in [5.41, 5.74) is -0.0424. The predicted octanol–water partition coefficient (Wildman–Crippen LogP) is 1.34. The molecule has 110 valence electrons. The number of nitrogens with zero attached hydrogens (tertiary/aromatic N) is 1. The van der Waals surface area contributed by atoms with Crippen LogP contribution in [-0.2, 0) is 4.74 Å². The van der Waals surface area contributed by atoms with E-state index in [0.717, 1.165) is 26.2 Å². The molecule has 0 unspecified atom stereocenters. The van der Waals surface area contributed by atoms with Gasteiger partial charge in [-0.2, -0.15) is 0 Å². The Labute approximate surface area is 116 Å². The Balaban J connectivity index is 1.64. The van der Waals surface area contributed by atoms with E-state index in [4.69, 9.17) is 4.74 Å². The molecule has 0 aromatic rings. The van der Waals surface area contributed by atoms with E-state index in [1.54, 1.807) is 0 Å². The van der Waals surface area contributed by atoms with E-state index in [1.807, 2.05) is 20.8 Å². The van der Waals surface area contributed by atoms with Crippen LogP contribution in [0.4, 0.5) is 4.79 Å². The summed E-state index contributed by atoms with van der Waals surface area (Å²) in [7, 11) is 0. The van der Waals surface area contributed by atoms with E-state index < -0.39 is 5.60 Å². The molecule has 0 atom stereocenters. The van der Waals surface area contributed by atoms with E-state index in [2.05, 4.69) is 15.5 Å². The molecule has 1 amide bonds. The zero-order chi connectivity index (χ0) is 13.9. The van der Waals surface area contributed by atoms with E-state index in [1.165, 1.54) is 19.3 Å². The fourth-order valence-corrected chi connectivity index (χ4v) is 2.80. The standard InChI is InChI=1S/C14H27N3O2/c1-13(2,3)19-12(18)15-7-9-17-10-8-16-14(11-17)5-4-6-14/h16H,4-11H2,1-3H3,(H,15,18). The van der Waals surface area contributed by atoms with Crippen molar-refractivity contribution >= 4 is 6.09 Å². The van der Waals surface area contributed by atoms with Crippen LogP contribution in [0.5, 0.6) is 0 Å². The molecule has 2 N–H and O–H groups in total. The first-order valence-electron chi connectivity index (χ1n) is 7.33. The number of nitrogens with one attached hydrogen (secondary N) is 2. The molecule has 2 rings (SSSR count). The van der Waals surface area contributed by atoms with Gasteiger partial charge in [-0.3, -0.25) is 4.90 Å². The molecule has 2 fully saturated rings. The summed E-state index contributed by atoms with van der Waals surface area (Å²) >= 11 is 0. The summed E-state index contributed by atoms with van der Waals surface area (Å²) in [6.45, 7) is 10.4. The number of alkyl carbamates (subject to hydrolysis) is 1. The van der Waals surface area contributed by atoms with Gasteiger partial charge in [0, 0.05) is 38.3 Å². The Morgan fingerprint density at radius 2 is 2.16 bits per heavy atom. The van der Waals surface area contributed by atoms with Crippen molar-refractivity contribution in [3.05, 3.63) is 0 Å². The monoisotopic (exact) mass is 269 g/mol. The highest BCUT2D eigenvalue weighted by molar-refractivity contribution is 5.67. The van der Waals surface area contributed by atoms with Crippen molar-refractivity contribution in [3.63, 3.8) is 0 Å². The summed E-state index contributed by atoms with van der Waals surface area (Å²) < 4.78 is 5.22. The van der Waals surface area contributed by atoms with Crippen LogP contribution in [0.2, 0.25) is 0 Å². The molecule has 1 saturated carbocycles. The minimum atomic E-state index is -0.422. The molecule has 19 heavy (non-hydrogen) atoms. The summed E-state index contributed by atoms with van der Waals surface area (Å²) in [6.07, 6.45) is 3.61. The van der Waals surface area contributed by atoms with Gasteiger partial charge in [-0.15, -0.1) is 0 Å². The van der Waals surface area contributed by atoms with Crippen LogP contribution in [0.25, 0.3) is 0 Å². The van der Waals surface area contributed by atoms with Crippen LogP contribution in [0, 0.1) is 0 Å². The highest BCUT2D eigenvalue weighted by atomic mass is 16.6. The third kappa shape index (κ3) is 4.35. The van der Waals surface area contributed by atoms with E-state index in [0.29, 0.717) is 12.1 Å². The lowest BCUT2D eigenvalue weighted by Gasteiger charge is -2.49. The third-order valence-electron chi connectivity index (χ3n) is 3.86. The van der Waals surface area contributed by atoms with Crippen molar-refractivity contribution in [2.24, 2.45) is 0 Å². The average Bonchev–Trinajstić information content (AvgIpc) is 2.25. The quantitative estimate of drug-likeness (QED) is 0.812. The zero-order valence-electron chi connectivity index (χ0n) is 12.4. The largest absolute Gasteiger partial charge is 0.444 e. The lowest BCUT2D eigenvalue weighted by molar-refractivity contribution is 0.0494. The Morgan fingerprint density at radius 3 is 2.74 bits per heavy atom. The minimum Gasteiger partial charge on any atom is -0.444 e. The molecule has 1 heterocycles. The molecule has 2 aliphatic rings. The summed E-state index contributed by atoms with van der Waals surface area (Å²) in [6, 6.07) is 0. The molecule has 5 heteroatoms.